The van der Waals surface area contributed by atoms with Gasteiger partial charge < -0.3 is 20.1 Å². The average molecular weight is 368 g/mol. The monoisotopic (exact) mass is 368 g/mol. The molecule has 9 nitrogen and oxygen atoms in total. The molecular weight excluding hydrogens is 348 g/mol. The molecule has 0 aliphatic carbocycles. The number of ether oxygens (including phenoxy) is 1. The summed E-state index contributed by atoms with van der Waals surface area (Å²) in [7, 11) is 1.70. The van der Waals surface area contributed by atoms with Crippen LogP contribution in [-0.4, -0.2) is 76.7 Å². The number of carboxylic acid groups (broad SMARTS) is 1. The topological polar surface area (TPSA) is 112 Å². The number of carbonyl (C=O) groups is 3. The molecule has 10 heteroatoms. The second-order valence-electron chi connectivity index (χ2n) is 6.51. The number of anilines is 1. The van der Waals surface area contributed by atoms with E-state index in [1.807, 2.05) is 4.90 Å². The van der Waals surface area contributed by atoms with E-state index in [0.717, 1.165) is 30.7 Å². The Hall–Kier alpha value is -2.20. The molecule has 0 bridgehead atoms. The molecule has 0 radical (unpaired) electrons. The molecule has 25 heavy (non-hydrogen) atoms. The number of aromatic nitrogens is 1. The molecule has 1 unspecified atom stereocenters. The van der Waals surface area contributed by atoms with Crippen LogP contribution in [0.25, 0.3) is 0 Å². The van der Waals surface area contributed by atoms with Gasteiger partial charge in [-0.3, -0.25) is 9.69 Å². The number of aromatic carboxylic acids is 1. The summed E-state index contributed by atoms with van der Waals surface area (Å²) >= 11 is 0.940. The third-order valence-corrected chi connectivity index (χ3v) is 5.42. The molecule has 0 aromatic carbocycles. The number of hydrogen-bond donors (Lipinski definition) is 2. The number of nitrogens with one attached hydrogen (secondary N) is 1. The van der Waals surface area contributed by atoms with E-state index in [1.54, 1.807) is 18.9 Å². The van der Waals surface area contributed by atoms with Gasteiger partial charge in [-0.1, -0.05) is 11.3 Å². The lowest BCUT2D eigenvalue weighted by atomic mass is 9.93. The number of rotatable bonds is 4. The molecule has 1 spiro atoms. The Morgan fingerprint density at radius 1 is 1.44 bits per heavy atom. The fourth-order valence-electron chi connectivity index (χ4n) is 3.34. The molecule has 2 aliphatic heterocycles. The lowest BCUT2D eigenvalue weighted by molar-refractivity contribution is -0.118. The summed E-state index contributed by atoms with van der Waals surface area (Å²) in [5.41, 5.74) is -0.163. The molecule has 3 heterocycles. The van der Waals surface area contributed by atoms with Crippen molar-refractivity contribution >= 4 is 34.4 Å². The van der Waals surface area contributed by atoms with Gasteiger partial charge in [0.25, 0.3) is 0 Å². The summed E-state index contributed by atoms with van der Waals surface area (Å²) in [6.07, 6.45) is 1.30. The van der Waals surface area contributed by atoms with Gasteiger partial charge in [-0.2, -0.15) is 0 Å². The third-order valence-electron chi connectivity index (χ3n) is 4.36. The van der Waals surface area contributed by atoms with Crippen molar-refractivity contribution in [3.05, 3.63) is 10.6 Å². The Morgan fingerprint density at radius 2 is 2.20 bits per heavy atom. The number of likely N-dealkylation sites (tertiary alicyclic amines) is 1. The standard InChI is InChI=1S/C15H20N4O5S/c1-9-11(12(21)22)25-13(16-9)17-10(20)6-19-5-3-4-15(8-19)7-18(2)14(23)24-15/h3-8H2,1-2H3,(H,21,22)(H,16,17,20). The number of carbonyl (C=O) groups excluding carboxylic acids is 2. The second-order valence-corrected chi connectivity index (χ2v) is 7.51. The first-order valence-electron chi connectivity index (χ1n) is 7.95. The molecule has 1 aromatic heterocycles. The minimum atomic E-state index is -1.05. The van der Waals surface area contributed by atoms with Crippen LogP contribution < -0.4 is 5.32 Å². The number of piperidine rings is 1. The van der Waals surface area contributed by atoms with E-state index in [1.165, 1.54) is 0 Å². The quantitative estimate of drug-likeness (QED) is 0.815. The van der Waals surface area contributed by atoms with Crippen molar-refractivity contribution in [3.8, 4) is 0 Å². The fraction of sp³-hybridized carbons (Fsp3) is 0.600. The number of likely N-dealkylation sites (N-methyl/N-ethyl adjacent to an activating group) is 1. The minimum Gasteiger partial charge on any atom is -0.477 e. The number of hydrogen-bond acceptors (Lipinski definition) is 7. The van der Waals surface area contributed by atoms with Gasteiger partial charge in [0.05, 0.1) is 18.8 Å². The number of aryl methyl sites for hydroxylation is 1. The van der Waals surface area contributed by atoms with Crippen LogP contribution in [0.4, 0.5) is 9.93 Å². The van der Waals surface area contributed by atoms with Gasteiger partial charge in [0.2, 0.25) is 5.91 Å². The zero-order valence-electron chi connectivity index (χ0n) is 14.1. The molecule has 3 rings (SSSR count). The number of amides is 2. The van der Waals surface area contributed by atoms with Crippen molar-refractivity contribution in [1.82, 2.24) is 14.8 Å². The number of nitrogens with zero attached hydrogens (tertiary/aromatic N) is 3. The largest absolute Gasteiger partial charge is 0.477 e. The van der Waals surface area contributed by atoms with Crippen LogP contribution in [0.3, 0.4) is 0 Å². The van der Waals surface area contributed by atoms with Crippen molar-refractivity contribution in [2.45, 2.75) is 25.4 Å². The van der Waals surface area contributed by atoms with E-state index in [2.05, 4.69) is 10.3 Å². The van der Waals surface area contributed by atoms with Crippen LogP contribution in [-0.2, 0) is 9.53 Å². The lowest BCUT2D eigenvalue weighted by Gasteiger charge is -2.37. The van der Waals surface area contributed by atoms with Gasteiger partial charge in [0.1, 0.15) is 10.5 Å². The van der Waals surface area contributed by atoms with Crippen molar-refractivity contribution in [1.29, 1.82) is 0 Å². The Balaban J connectivity index is 1.59. The van der Waals surface area contributed by atoms with Crippen LogP contribution in [0.15, 0.2) is 0 Å². The van der Waals surface area contributed by atoms with E-state index in [4.69, 9.17) is 9.84 Å². The van der Waals surface area contributed by atoms with Gasteiger partial charge in [-0.05, 0) is 26.3 Å². The normalized spacial score (nSPS) is 23.8. The summed E-state index contributed by atoms with van der Waals surface area (Å²) in [6, 6.07) is 0. The highest BCUT2D eigenvalue weighted by Crippen LogP contribution is 2.31. The highest BCUT2D eigenvalue weighted by molar-refractivity contribution is 7.17. The van der Waals surface area contributed by atoms with E-state index >= 15 is 0 Å². The fourth-order valence-corrected chi connectivity index (χ4v) is 4.16. The van der Waals surface area contributed by atoms with Crippen LogP contribution in [0.2, 0.25) is 0 Å². The molecule has 2 amide bonds. The molecule has 1 atom stereocenters. The number of thiazole rings is 1. The van der Waals surface area contributed by atoms with Gasteiger partial charge in [-0.15, -0.1) is 0 Å². The molecule has 1 aromatic rings. The molecular formula is C15H20N4O5S. The van der Waals surface area contributed by atoms with Crippen LogP contribution in [0.5, 0.6) is 0 Å². The maximum absolute atomic E-state index is 12.3. The van der Waals surface area contributed by atoms with Crippen molar-refractivity contribution in [3.63, 3.8) is 0 Å². The van der Waals surface area contributed by atoms with Crippen LogP contribution in [0.1, 0.15) is 28.2 Å². The van der Waals surface area contributed by atoms with Crippen LogP contribution >= 0.6 is 11.3 Å². The second kappa shape index (κ2) is 6.60. The van der Waals surface area contributed by atoms with Gasteiger partial charge in [-0.25, -0.2) is 14.6 Å². The highest BCUT2D eigenvalue weighted by atomic mass is 32.1. The SMILES string of the molecule is Cc1nc(NC(=O)CN2CCCC3(C2)CN(C)C(=O)O3)sc1C(=O)O. The lowest BCUT2D eigenvalue weighted by Crippen LogP contribution is -2.52. The average Bonchev–Trinajstić information content (AvgIpc) is 2.99. The maximum atomic E-state index is 12.3. The van der Waals surface area contributed by atoms with Crippen molar-refractivity contribution in [2.75, 3.05) is 38.5 Å². The van der Waals surface area contributed by atoms with Gasteiger partial charge in [0.15, 0.2) is 5.13 Å². The summed E-state index contributed by atoms with van der Waals surface area (Å²) in [5.74, 6) is -1.32. The molecule has 2 saturated heterocycles. The molecule has 0 saturated carbocycles. The Kier molecular flexibility index (Phi) is 4.65. The summed E-state index contributed by atoms with van der Waals surface area (Å²) in [6.45, 7) is 3.51. The first-order chi connectivity index (χ1) is 11.8. The maximum Gasteiger partial charge on any atom is 0.410 e. The molecule has 2 fully saturated rings. The molecule has 2 N–H and O–H groups in total. The van der Waals surface area contributed by atoms with Crippen molar-refractivity contribution < 1.29 is 24.2 Å². The summed E-state index contributed by atoms with van der Waals surface area (Å²) < 4.78 is 5.52. The van der Waals surface area contributed by atoms with E-state index in [9.17, 15) is 14.4 Å². The Labute approximate surface area is 148 Å². The van der Waals surface area contributed by atoms with Gasteiger partial charge >= 0.3 is 12.1 Å². The smallest absolute Gasteiger partial charge is 0.410 e. The first kappa shape index (κ1) is 17.6. The van der Waals surface area contributed by atoms with E-state index in [0.29, 0.717) is 18.8 Å². The highest BCUT2D eigenvalue weighted by Gasteiger charge is 2.46. The molecule has 2 aliphatic rings. The Bertz CT molecular complexity index is 721. The zero-order chi connectivity index (χ0) is 18.2. The summed E-state index contributed by atoms with van der Waals surface area (Å²) in [4.78, 5) is 42.6. The zero-order valence-corrected chi connectivity index (χ0v) is 14.9. The predicted octanol–water partition coefficient (Wildman–Crippen LogP) is 1.00. The molecule has 136 valence electrons. The number of carboxylic acids is 1. The third kappa shape index (κ3) is 3.74. The predicted molar refractivity (Wildman–Crippen MR) is 90.0 cm³/mol. The van der Waals surface area contributed by atoms with E-state index < -0.39 is 11.6 Å². The van der Waals surface area contributed by atoms with E-state index in [-0.39, 0.29) is 28.6 Å². The van der Waals surface area contributed by atoms with Crippen molar-refractivity contribution in [2.24, 2.45) is 0 Å². The summed E-state index contributed by atoms with van der Waals surface area (Å²) in [5, 5.41) is 12.0. The minimum absolute atomic E-state index is 0.119. The Morgan fingerprint density at radius 3 is 2.80 bits per heavy atom. The van der Waals surface area contributed by atoms with Crippen LogP contribution in [0, 0.1) is 6.92 Å². The van der Waals surface area contributed by atoms with Gasteiger partial charge in [0, 0.05) is 13.6 Å². The first-order valence-corrected chi connectivity index (χ1v) is 8.77.